The van der Waals surface area contributed by atoms with Crippen molar-refractivity contribution in [2.24, 2.45) is 0 Å². The van der Waals surface area contributed by atoms with E-state index in [0.717, 1.165) is 22.5 Å². The number of para-hydroxylation sites is 1. The number of carbonyl (C=O) groups is 4. The lowest BCUT2D eigenvalue weighted by Crippen LogP contribution is -2.58. The van der Waals surface area contributed by atoms with Gasteiger partial charge in [-0.2, -0.15) is 0 Å². The smallest absolute Gasteiger partial charge is 0.322 e. The summed E-state index contributed by atoms with van der Waals surface area (Å²) in [6.45, 7) is 5.31. The molecule has 252 valence electrons. The molecule has 2 fully saturated rings. The number of urea groups is 2. The Bertz CT molecular complexity index is 1680. The van der Waals surface area contributed by atoms with Gasteiger partial charge < -0.3 is 36.0 Å². The molecule has 13 heteroatoms. The van der Waals surface area contributed by atoms with Gasteiger partial charge in [-0.25, -0.2) is 9.59 Å². The lowest BCUT2D eigenvalue weighted by atomic mass is 10.0. The Morgan fingerprint density at radius 2 is 1.56 bits per heavy atom. The fourth-order valence-corrected chi connectivity index (χ4v) is 7.92. The van der Waals surface area contributed by atoms with Gasteiger partial charge in [0.2, 0.25) is 5.91 Å². The number of anilines is 3. The monoisotopic (exact) mass is 779 g/mol. The molecule has 6 rings (SSSR count). The van der Waals surface area contributed by atoms with Gasteiger partial charge in [-0.1, -0.05) is 18.2 Å². The molecule has 3 aliphatic rings. The number of rotatable bonds is 7. The summed E-state index contributed by atoms with van der Waals surface area (Å²) in [6, 6.07) is 17.9. The van der Waals surface area contributed by atoms with E-state index < -0.39 is 6.04 Å². The van der Waals surface area contributed by atoms with Crippen LogP contribution in [-0.2, 0) is 17.8 Å². The van der Waals surface area contributed by atoms with Gasteiger partial charge in [-0.05, 0) is 105 Å². The van der Waals surface area contributed by atoms with Gasteiger partial charge in [0.15, 0.2) is 5.78 Å². The van der Waals surface area contributed by atoms with Crippen LogP contribution in [0.1, 0.15) is 41.3 Å². The molecule has 0 bridgehead atoms. The number of nitrogens with two attached hydrogens (primary N) is 1. The first-order valence-corrected chi connectivity index (χ1v) is 17.7. The molecule has 0 unspecified atom stereocenters. The predicted molar refractivity (Wildman–Crippen MR) is 193 cm³/mol. The van der Waals surface area contributed by atoms with Gasteiger partial charge in [-0.3, -0.25) is 9.59 Å². The molecule has 1 atom stereocenters. The highest BCUT2D eigenvalue weighted by Gasteiger charge is 2.35. The van der Waals surface area contributed by atoms with E-state index in [0.29, 0.717) is 85.3 Å². The Balaban J connectivity index is 1.10. The van der Waals surface area contributed by atoms with Gasteiger partial charge >= 0.3 is 12.1 Å². The number of hydrogen-bond acceptors (Lipinski definition) is 6. The van der Waals surface area contributed by atoms with Crippen molar-refractivity contribution in [3.8, 4) is 0 Å². The first-order chi connectivity index (χ1) is 23.1. The molecule has 3 aromatic carbocycles. The second kappa shape index (κ2) is 14.6. The molecule has 3 heterocycles. The highest BCUT2D eigenvalue weighted by atomic mass is 79.9. The van der Waals surface area contributed by atoms with Crippen LogP contribution >= 0.6 is 31.9 Å². The zero-order valence-corrected chi connectivity index (χ0v) is 29.9. The van der Waals surface area contributed by atoms with Gasteiger partial charge in [0, 0.05) is 84.2 Å². The summed E-state index contributed by atoms with van der Waals surface area (Å²) in [6.07, 6.45) is 1.59. The number of amides is 5. The first kappa shape index (κ1) is 33.8. The lowest BCUT2D eigenvalue weighted by Gasteiger charge is -2.41. The molecular weight excluding hydrogens is 742 g/mol. The Morgan fingerprint density at radius 1 is 0.917 bits per heavy atom. The minimum Gasteiger partial charge on any atom is -0.397 e. The number of fused-ring (bicyclic) bond motifs is 1. The summed E-state index contributed by atoms with van der Waals surface area (Å²) in [5.74, 6) is -0.118. The Labute approximate surface area is 297 Å². The minimum atomic E-state index is -0.788. The van der Waals surface area contributed by atoms with Crippen LogP contribution in [-0.4, -0.2) is 89.8 Å². The van der Waals surface area contributed by atoms with E-state index in [9.17, 15) is 19.2 Å². The van der Waals surface area contributed by atoms with Gasteiger partial charge in [0.1, 0.15) is 6.04 Å². The van der Waals surface area contributed by atoms with Crippen molar-refractivity contribution < 1.29 is 19.2 Å². The van der Waals surface area contributed by atoms with Crippen molar-refractivity contribution in [2.45, 2.75) is 44.8 Å². The SMILES string of the molecule is CC(=O)c1ccc(N2CCN(C(=O)[C@@H](Cc3cc(Br)c(N)c(Br)c3)NC(=O)N3CCC(N4Cc5ccccc5NC4=O)CC3)CC2)cc1. The Morgan fingerprint density at radius 3 is 2.21 bits per heavy atom. The minimum absolute atomic E-state index is 0.0132. The number of carbonyl (C=O) groups excluding carboxylic acids is 4. The quantitative estimate of drug-likeness (QED) is 0.215. The first-order valence-electron chi connectivity index (χ1n) is 16.2. The molecule has 0 saturated carbocycles. The number of halogens is 2. The molecule has 3 aromatic rings. The van der Waals surface area contributed by atoms with Crippen LogP contribution in [0.3, 0.4) is 0 Å². The second-order valence-corrected chi connectivity index (χ2v) is 14.2. The number of Topliss-reactive ketones (excluding diaryl/α,β-unsaturated/α-hetero) is 1. The van der Waals surface area contributed by atoms with Crippen molar-refractivity contribution in [2.75, 3.05) is 55.2 Å². The topological polar surface area (TPSA) is 131 Å². The van der Waals surface area contributed by atoms with E-state index in [-0.39, 0.29) is 29.8 Å². The van der Waals surface area contributed by atoms with Crippen molar-refractivity contribution in [1.82, 2.24) is 20.0 Å². The second-order valence-electron chi connectivity index (χ2n) is 12.5. The van der Waals surface area contributed by atoms with Crippen LogP contribution in [0, 0.1) is 0 Å². The molecular formula is C35H39Br2N7O4. The largest absolute Gasteiger partial charge is 0.397 e. The molecule has 0 aliphatic carbocycles. The van der Waals surface area contributed by atoms with Crippen LogP contribution in [0.5, 0.6) is 0 Å². The molecule has 0 radical (unpaired) electrons. The summed E-state index contributed by atoms with van der Waals surface area (Å²) in [5, 5.41) is 6.04. The average molecular weight is 782 g/mol. The molecule has 0 spiro atoms. The molecule has 4 N–H and O–H groups in total. The normalized spacial score (nSPS) is 17.4. The Hall–Kier alpha value is -4.10. The maximum Gasteiger partial charge on any atom is 0.322 e. The van der Waals surface area contributed by atoms with Crippen LogP contribution in [0.2, 0.25) is 0 Å². The highest BCUT2D eigenvalue weighted by molar-refractivity contribution is 9.11. The molecule has 0 aromatic heterocycles. The Kier molecular flexibility index (Phi) is 10.3. The summed E-state index contributed by atoms with van der Waals surface area (Å²) >= 11 is 7.01. The number of nitrogens with zero attached hydrogens (tertiary/aromatic N) is 4. The maximum absolute atomic E-state index is 14.1. The number of piperidine rings is 1. The number of hydrogen-bond donors (Lipinski definition) is 3. The van der Waals surface area contributed by atoms with Crippen molar-refractivity contribution in [3.63, 3.8) is 0 Å². The van der Waals surface area contributed by atoms with Gasteiger partial charge in [0.25, 0.3) is 0 Å². The molecule has 3 aliphatic heterocycles. The lowest BCUT2D eigenvalue weighted by molar-refractivity contribution is -0.133. The van der Waals surface area contributed by atoms with E-state index in [1.807, 2.05) is 70.5 Å². The van der Waals surface area contributed by atoms with E-state index in [1.165, 1.54) is 0 Å². The molecule has 5 amide bonds. The number of benzene rings is 3. The number of ketones is 1. The van der Waals surface area contributed by atoms with E-state index in [4.69, 9.17) is 5.73 Å². The van der Waals surface area contributed by atoms with Gasteiger partial charge in [0.05, 0.1) is 5.69 Å². The standard InChI is InChI=1S/C35H39Br2N7O4/c1-22(45)24-6-8-26(9-7-24)41-14-16-42(17-15-41)33(46)31(20-23-18-28(36)32(38)29(37)19-23)40-34(47)43-12-10-27(11-13-43)44-21-25-4-2-3-5-30(25)39-35(44)48/h2-9,18-19,27,31H,10-17,20-21,38H2,1H3,(H,39,48)(H,40,47)/t31-/m1/s1. The molecule has 2 saturated heterocycles. The van der Waals surface area contributed by atoms with Crippen LogP contribution in [0.4, 0.5) is 26.7 Å². The number of nitrogens with one attached hydrogen (secondary N) is 2. The zero-order valence-electron chi connectivity index (χ0n) is 26.8. The van der Waals surface area contributed by atoms with E-state index in [2.05, 4.69) is 47.4 Å². The van der Waals surface area contributed by atoms with Crippen molar-refractivity contribution in [3.05, 3.63) is 86.3 Å². The number of piperazine rings is 1. The summed E-state index contributed by atoms with van der Waals surface area (Å²) in [7, 11) is 0. The average Bonchev–Trinajstić information content (AvgIpc) is 3.10. The van der Waals surface area contributed by atoms with Gasteiger partial charge in [-0.15, -0.1) is 0 Å². The third-order valence-electron chi connectivity index (χ3n) is 9.46. The molecule has 48 heavy (non-hydrogen) atoms. The van der Waals surface area contributed by atoms with Crippen LogP contribution in [0.25, 0.3) is 0 Å². The zero-order chi connectivity index (χ0) is 33.9. The van der Waals surface area contributed by atoms with Crippen LogP contribution < -0.4 is 21.3 Å². The third-order valence-corrected chi connectivity index (χ3v) is 10.8. The number of likely N-dealkylation sites (tertiary alicyclic amines) is 1. The summed E-state index contributed by atoms with van der Waals surface area (Å²) < 4.78 is 1.42. The van der Waals surface area contributed by atoms with E-state index in [1.54, 1.807) is 11.8 Å². The summed E-state index contributed by atoms with van der Waals surface area (Å²) in [5.41, 5.74) is 11.1. The van der Waals surface area contributed by atoms with Crippen LogP contribution in [0.15, 0.2) is 69.6 Å². The fourth-order valence-electron chi connectivity index (χ4n) is 6.64. The van der Waals surface area contributed by atoms with E-state index >= 15 is 0 Å². The van der Waals surface area contributed by atoms with Crippen molar-refractivity contribution >= 4 is 72.7 Å². The summed E-state index contributed by atoms with van der Waals surface area (Å²) in [4.78, 5) is 59.9. The fraction of sp³-hybridized carbons (Fsp3) is 0.371. The highest BCUT2D eigenvalue weighted by Crippen LogP contribution is 2.31. The third kappa shape index (κ3) is 7.46. The maximum atomic E-state index is 14.1. The molecule has 11 nitrogen and oxygen atoms in total. The number of nitrogen functional groups attached to an aromatic ring is 1. The van der Waals surface area contributed by atoms with Crippen molar-refractivity contribution in [1.29, 1.82) is 0 Å². The predicted octanol–water partition coefficient (Wildman–Crippen LogP) is 5.48.